The molecule has 3 amide bonds. The van der Waals surface area contributed by atoms with Crippen LogP contribution in [0.1, 0.15) is 104 Å². The molecule has 2 heterocycles. The van der Waals surface area contributed by atoms with Crippen molar-refractivity contribution in [2.75, 3.05) is 12.3 Å². The number of aromatic nitrogens is 1. The summed E-state index contributed by atoms with van der Waals surface area (Å²) in [4.78, 5) is 41.8. The van der Waals surface area contributed by atoms with E-state index in [4.69, 9.17) is 10.2 Å². The predicted molar refractivity (Wildman–Crippen MR) is 145 cm³/mol. The molecule has 0 aromatic carbocycles. The molecule has 0 aliphatic heterocycles. The third-order valence-electron chi connectivity index (χ3n) is 6.78. The van der Waals surface area contributed by atoms with Crippen molar-refractivity contribution in [3.8, 4) is 0 Å². The van der Waals surface area contributed by atoms with Crippen LogP contribution in [-0.2, 0) is 11.3 Å². The number of carbonyl (C=O) groups is 3. The lowest BCUT2D eigenvalue weighted by Crippen LogP contribution is -2.49. The normalized spacial score (nSPS) is 14.9. The average Bonchev–Trinajstić information content (AvgIpc) is 3.53. The molecule has 0 saturated heterocycles. The molecular formula is C27H41N5O4S. The summed E-state index contributed by atoms with van der Waals surface area (Å²) in [6.07, 6.45) is 9.76. The number of nitrogen functional groups attached to an aromatic ring is 1. The lowest BCUT2D eigenvalue weighted by Gasteiger charge is -2.30. The molecule has 10 heteroatoms. The number of nitrogens with one attached hydrogen (secondary N) is 2. The first-order valence-electron chi connectivity index (χ1n) is 13.5. The molecule has 0 radical (unpaired) electrons. The van der Waals surface area contributed by atoms with Crippen LogP contribution in [0.4, 0.5) is 5.69 Å². The van der Waals surface area contributed by atoms with Gasteiger partial charge in [0.25, 0.3) is 11.8 Å². The average molecular weight is 532 g/mol. The van der Waals surface area contributed by atoms with Crippen LogP contribution in [0.25, 0.3) is 0 Å². The maximum absolute atomic E-state index is 13.9. The molecule has 0 spiro atoms. The molecule has 9 nitrogen and oxygen atoms in total. The summed E-state index contributed by atoms with van der Waals surface area (Å²) in [5, 5.41) is 6.02. The molecule has 1 saturated carbocycles. The number of furan rings is 1. The minimum absolute atomic E-state index is 0.0576. The maximum atomic E-state index is 13.9. The Morgan fingerprint density at radius 2 is 1.97 bits per heavy atom. The Labute approximate surface area is 223 Å². The van der Waals surface area contributed by atoms with Crippen LogP contribution in [-0.4, -0.2) is 45.6 Å². The first-order valence-corrected chi connectivity index (χ1v) is 14.3. The lowest BCUT2D eigenvalue weighted by atomic mass is 9.95. The molecule has 4 N–H and O–H groups in total. The third-order valence-corrected chi connectivity index (χ3v) is 7.63. The lowest BCUT2D eigenvalue weighted by molar-refractivity contribution is -0.126. The SMILES string of the molecule is CCCC[C@@H](C(=O)NCCC(C)C)N(Cc1ccco1)C(=O)c1snc(C(=O)NC2CCCCC2)c1N. The molecular weight excluding hydrogens is 490 g/mol. The first-order chi connectivity index (χ1) is 17.8. The molecule has 3 rings (SSSR count). The molecule has 1 fully saturated rings. The minimum Gasteiger partial charge on any atom is -0.467 e. The van der Waals surface area contributed by atoms with Gasteiger partial charge in [-0.25, -0.2) is 0 Å². The number of anilines is 1. The number of nitrogens with two attached hydrogens (primary N) is 1. The Balaban J connectivity index is 1.84. The standard InChI is InChI=1S/C27H41N5O4S/c1-4-5-13-21(25(33)29-15-14-18(2)3)32(17-20-12-9-16-36-20)27(35)24-22(28)23(31-37-24)26(34)30-19-10-7-6-8-11-19/h9,12,16,18-19,21H,4-8,10-11,13-15,17,28H2,1-3H3,(H,29,33)(H,30,34)/t21-/m0/s1. The topological polar surface area (TPSA) is 131 Å². The maximum Gasteiger partial charge on any atom is 0.273 e. The first kappa shape index (κ1) is 28.7. The van der Waals surface area contributed by atoms with Gasteiger partial charge in [0.2, 0.25) is 5.91 Å². The fourth-order valence-corrected chi connectivity index (χ4v) is 5.32. The number of carbonyl (C=O) groups excluding carboxylic acids is 3. The minimum atomic E-state index is -0.703. The van der Waals surface area contributed by atoms with E-state index in [1.54, 1.807) is 12.1 Å². The third kappa shape index (κ3) is 8.05. The molecule has 204 valence electrons. The Kier molecular flexibility index (Phi) is 11.0. The molecule has 2 aromatic rings. The quantitative estimate of drug-likeness (QED) is 0.342. The van der Waals surface area contributed by atoms with E-state index in [0.29, 0.717) is 24.6 Å². The monoisotopic (exact) mass is 531 g/mol. The summed E-state index contributed by atoms with van der Waals surface area (Å²) in [6.45, 7) is 6.89. The highest BCUT2D eigenvalue weighted by molar-refractivity contribution is 7.09. The summed E-state index contributed by atoms with van der Waals surface area (Å²) in [5.41, 5.74) is 6.46. The zero-order valence-corrected chi connectivity index (χ0v) is 23.1. The molecule has 2 aromatic heterocycles. The highest BCUT2D eigenvalue weighted by Crippen LogP contribution is 2.27. The van der Waals surface area contributed by atoms with Gasteiger partial charge in [0.05, 0.1) is 18.5 Å². The van der Waals surface area contributed by atoms with E-state index >= 15 is 0 Å². The van der Waals surface area contributed by atoms with Gasteiger partial charge in [-0.1, -0.05) is 52.9 Å². The van der Waals surface area contributed by atoms with Gasteiger partial charge in [-0.3, -0.25) is 14.4 Å². The summed E-state index contributed by atoms with van der Waals surface area (Å²) < 4.78 is 9.77. The zero-order valence-electron chi connectivity index (χ0n) is 22.3. The summed E-state index contributed by atoms with van der Waals surface area (Å²) in [5.74, 6) is 0.0235. The van der Waals surface area contributed by atoms with Crippen LogP contribution in [0.15, 0.2) is 22.8 Å². The molecule has 1 aliphatic carbocycles. The molecule has 0 bridgehead atoms. The second-order valence-electron chi connectivity index (χ2n) is 10.2. The van der Waals surface area contributed by atoms with Crippen molar-refractivity contribution >= 4 is 34.9 Å². The number of nitrogens with zero attached hydrogens (tertiary/aromatic N) is 2. The van der Waals surface area contributed by atoms with Crippen molar-refractivity contribution in [1.29, 1.82) is 0 Å². The smallest absolute Gasteiger partial charge is 0.273 e. The fourth-order valence-electron chi connectivity index (χ4n) is 4.57. The summed E-state index contributed by atoms with van der Waals surface area (Å²) in [6, 6.07) is 2.92. The van der Waals surface area contributed by atoms with Crippen molar-refractivity contribution < 1.29 is 18.8 Å². The number of hydrogen-bond acceptors (Lipinski definition) is 7. The summed E-state index contributed by atoms with van der Waals surface area (Å²) in [7, 11) is 0. The molecule has 1 atom stereocenters. The van der Waals surface area contributed by atoms with Gasteiger partial charge in [-0.05, 0) is 55.3 Å². The van der Waals surface area contributed by atoms with E-state index < -0.39 is 11.9 Å². The Hall–Kier alpha value is -2.88. The van der Waals surface area contributed by atoms with Gasteiger partial charge in [0.15, 0.2) is 5.69 Å². The highest BCUT2D eigenvalue weighted by atomic mass is 32.1. The van der Waals surface area contributed by atoms with Gasteiger partial charge in [-0.15, -0.1) is 0 Å². The Bertz CT molecular complexity index is 1010. The van der Waals surface area contributed by atoms with Crippen LogP contribution in [0, 0.1) is 5.92 Å². The highest BCUT2D eigenvalue weighted by Gasteiger charge is 2.34. The van der Waals surface area contributed by atoms with E-state index in [1.165, 1.54) is 17.6 Å². The van der Waals surface area contributed by atoms with Crippen LogP contribution in [0.3, 0.4) is 0 Å². The van der Waals surface area contributed by atoms with Crippen LogP contribution in [0.5, 0.6) is 0 Å². The van der Waals surface area contributed by atoms with Crippen molar-refractivity contribution in [3.05, 3.63) is 34.7 Å². The summed E-state index contributed by atoms with van der Waals surface area (Å²) >= 11 is 0.901. The van der Waals surface area contributed by atoms with Gasteiger partial charge in [-0.2, -0.15) is 4.37 Å². The van der Waals surface area contributed by atoms with Gasteiger partial charge >= 0.3 is 0 Å². The van der Waals surface area contributed by atoms with E-state index in [-0.39, 0.29) is 40.7 Å². The number of rotatable bonds is 13. The number of amides is 3. The zero-order chi connectivity index (χ0) is 26.8. The van der Waals surface area contributed by atoms with Gasteiger partial charge in [0, 0.05) is 12.6 Å². The van der Waals surface area contributed by atoms with E-state index in [0.717, 1.165) is 56.5 Å². The van der Waals surface area contributed by atoms with Crippen molar-refractivity contribution in [1.82, 2.24) is 19.9 Å². The second-order valence-corrected chi connectivity index (χ2v) is 11.0. The van der Waals surface area contributed by atoms with Crippen LogP contribution < -0.4 is 16.4 Å². The number of unbranched alkanes of at least 4 members (excludes halogenated alkanes) is 1. The Morgan fingerprint density at radius 1 is 1.22 bits per heavy atom. The van der Waals surface area contributed by atoms with Gasteiger partial charge < -0.3 is 25.7 Å². The van der Waals surface area contributed by atoms with E-state index in [1.807, 2.05) is 6.92 Å². The van der Waals surface area contributed by atoms with Crippen molar-refractivity contribution in [2.45, 2.75) is 97.2 Å². The van der Waals surface area contributed by atoms with E-state index in [2.05, 4.69) is 28.9 Å². The van der Waals surface area contributed by atoms with Crippen LogP contribution >= 0.6 is 11.5 Å². The fraction of sp³-hybridized carbons (Fsp3) is 0.630. The predicted octanol–water partition coefficient (Wildman–Crippen LogP) is 4.74. The van der Waals surface area contributed by atoms with Crippen molar-refractivity contribution in [2.24, 2.45) is 5.92 Å². The van der Waals surface area contributed by atoms with Gasteiger partial charge in [0.1, 0.15) is 16.7 Å². The second kappa shape index (κ2) is 14.2. The Morgan fingerprint density at radius 3 is 2.62 bits per heavy atom. The molecule has 0 unspecified atom stereocenters. The largest absolute Gasteiger partial charge is 0.467 e. The van der Waals surface area contributed by atoms with Crippen LogP contribution in [0.2, 0.25) is 0 Å². The van der Waals surface area contributed by atoms with Crippen molar-refractivity contribution in [3.63, 3.8) is 0 Å². The molecule has 1 aliphatic rings. The number of hydrogen-bond donors (Lipinski definition) is 3. The van der Waals surface area contributed by atoms with E-state index in [9.17, 15) is 14.4 Å². The molecule has 37 heavy (non-hydrogen) atoms.